The molecule has 0 radical (unpaired) electrons. The lowest BCUT2D eigenvalue weighted by Gasteiger charge is -2.30. The van der Waals surface area contributed by atoms with E-state index >= 15 is 0 Å². The van der Waals surface area contributed by atoms with Gasteiger partial charge in [0.05, 0.1) is 11.1 Å². The van der Waals surface area contributed by atoms with Gasteiger partial charge in [0.2, 0.25) is 0 Å². The van der Waals surface area contributed by atoms with Gasteiger partial charge in [-0.15, -0.1) is 0 Å². The van der Waals surface area contributed by atoms with Crippen molar-refractivity contribution in [2.24, 2.45) is 0 Å². The molecule has 0 spiro atoms. The third-order valence-corrected chi connectivity index (χ3v) is 14.2. The van der Waals surface area contributed by atoms with Crippen molar-refractivity contribution >= 4 is 24.9 Å². The molecule has 76 heavy (non-hydrogen) atoms. The Labute approximate surface area is 433 Å². The van der Waals surface area contributed by atoms with E-state index in [2.05, 4.69) is 0 Å². The molecule has 1 aliphatic rings. The molecule has 0 aliphatic heterocycles. The summed E-state index contributed by atoms with van der Waals surface area (Å²) in [6.07, 6.45) is 0. The minimum absolute atomic E-state index is 0.000175. The van der Waals surface area contributed by atoms with Crippen LogP contribution in [0.4, 0.5) is 0 Å². The summed E-state index contributed by atoms with van der Waals surface area (Å²) >= 11 is 0. The summed E-state index contributed by atoms with van der Waals surface area (Å²) in [5, 5.41) is 117. The number of ether oxygens (including phenoxy) is 2. The fourth-order valence-electron chi connectivity index (χ4n) is 10.7. The predicted molar refractivity (Wildman–Crippen MR) is 275 cm³/mol. The van der Waals surface area contributed by atoms with Crippen molar-refractivity contribution in [3.05, 3.63) is 221 Å². The summed E-state index contributed by atoms with van der Waals surface area (Å²) in [6.45, 7) is 6.93. The molecule has 8 bridgehead atoms. The smallest absolute Gasteiger partial charge is 0.335 e. The standard InChI is InChI=1S/C60H48O16/c1-27-13-31(5-9-35(27)59(71)72)55-37-17-38(46(64)21-45(37)63)56(32-6-10-36(60(73)74)28(2)14-32)40-19-42(50(68)23-48(40)66)58(34-8-12-54(76-26-62)30(4)16-34)44-20-43(51(69)24-52(44)70)57(41-18-39(55)47(65)22-49(41)67)33-7-11-53(75-25-61)29(3)15-33/h5-26,55-58,63-70H,1-4H3,(H,71,72)(H,73,74). The molecule has 10 N–H and O–H groups in total. The summed E-state index contributed by atoms with van der Waals surface area (Å²) in [7, 11) is 0. The number of aromatic hydroxyl groups is 8. The molecule has 0 aromatic heterocycles. The minimum atomic E-state index is -1.29. The predicted octanol–water partition coefficient (Wildman–Crippen LogP) is 10.1. The molecule has 1 aliphatic carbocycles. The van der Waals surface area contributed by atoms with Crippen LogP contribution in [0.2, 0.25) is 0 Å². The van der Waals surface area contributed by atoms with Crippen LogP contribution in [-0.4, -0.2) is 75.9 Å². The lowest BCUT2D eigenvalue weighted by atomic mass is 9.74. The Hall–Kier alpha value is -9.96. The molecular formula is C60H48O16. The molecule has 4 atom stereocenters. The Morgan fingerprint density at radius 1 is 0.342 bits per heavy atom. The van der Waals surface area contributed by atoms with Crippen molar-refractivity contribution in [2.75, 3.05) is 0 Å². The van der Waals surface area contributed by atoms with Crippen molar-refractivity contribution < 1.29 is 79.7 Å². The Balaban J connectivity index is 1.49. The van der Waals surface area contributed by atoms with Crippen molar-refractivity contribution in [2.45, 2.75) is 51.4 Å². The van der Waals surface area contributed by atoms with Crippen molar-refractivity contribution in [1.82, 2.24) is 0 Å². The molecule has 16 nitrogen and oxygen atoms in total. The van der Waals surface area contributed by atoms with Crippen molar-refractivity contribution in [3.8, 4) is 57.5 Å². The summed E-state index contributed by atoms with van der Waals surface area (Å²) in [5.74, 6) is -11.2. The fraction of sp³-hybridized carbons (Fsp3) is 0.133. The first-order valence-corrected chi connectivity index (χ1v) is 23.5. The van der Waals surface area contributed by atoms with Gasteiger partial charge >= 0.3 is 11.9 Å². The molecule has 8 aromatic carbocycles. The third kappa shape index (κ3) is 9.01. The quantitative estimate of drug-likeness (QED) is 0.0570. The summed E-state index contributed by atoms with van der Waals surface area (Å²) in [5.41, 5.74) is 2.83. The molecule has 0 amide bonds. The maximum absolute atomic E-state index is 12.4. The van der Waals surface area contributed by atoms with Crippen LogP contribution in [-0.2, 0) is 9.59 Å². The highest BCUT2D eigenvalue weighted by Gasteiger charge is 2.36. The highest BCUT2D eigenvalue weighted by Crippen LogP contribution is 2.54. The van der Waals surface area contributed by atoms with Crippen LogP contribution in [0.3, 0.4) is 0 Å². The molecule has 16 heteroatoms. The average molecular weight is 1030 g/mol. The van der Waals surface area contributed by atoms with Crippen LogP contribution in [0.1, 0.15) is 133 Å². The Morgan fingerprint density at radius 2 is 0.566 bits per heavy atom. The van der Waals surface area contributed by atoms with Gasteiger partial charge in [0.25, 0.3) is 12.9 Å². The lowest BCUT2D eigenvalue weighted by molar-refractivity contribution is -0.121. The van der Waals surface area contributed by atoms with E-state index in [9.17, 15) is 70.2 Å². The third-order valence-electron chi connectivity index (χ3n) is 14.2. The zero-order valence-corrected chi connectivity index (χ0v) is 40.9. The van der Waals surface area contributed by atoms with Crippen LogP contribution in [0.5, 0.6) is 57.5 Å². The molecule has 9 rings (SSSR count). The van der Waals surface area contributed by atoms with Crippen LogP contribution >= 0.6 is 0 Å². The van der Waals surface area contributed by atoms with Gasteiger partial charge in [0.15, 0.2) is 0 Å². The van der Waals surface area contributed by atoms with Gasteiger partial charge in [-0.3, -0.25) is 9.59 Å². The van der Waals surface area contributed by atoms with E-state index < -0.39 is 81.6 Å². The molecule has 0 saturated heterocycles. The normalized spacial score (nSPS) is 15.8. The van der Waals surface area contributed by atoms with Gasteiger partial charge < -0.3 is 60.5 Å². The number of carboxylic acid groups (broad SMARTS) is 2. The van der Waals surface area contributed by atoms with Crippen LogP contribution < -0.4 is 9.47 Å². The first-order chi connectivity index (χ1) is 36.2. The average Bonchev–Trinajstić information content (AvgIpc) is 3.44. The summed E-state index contributed by atoms with van der Waals surface area (Å²) < 4.78 is 10.4. The van der Waals surface area contributed by atoms with E-state index in [1.807, 2.05) is 0 Å². The number of phenolic OH excluding ortho intramolecular Hbond substituents is 8. The van der Waals surface area contributed by atoms with Gasteiger partial charge in [0, 0.05) is 92.4 Å². The second kappa shape index (κ2) is 19.8. The second-order valence-corrected chi connectivity index (χ2v) is 18.8. The molecule has 8 aromatic rings. The topological polar surface area (TPSA) is 289 Å². The van der Waals surface area contributed by atoms with E-state index in [4.69, 9.17) is 9.47 Å². The number of carboxylic acids is 2. The minimum Gasteiger partial charge on any atom is -0.507 e. The zero-order chi connectivity index (χ0) is 54.6. The van der Waals surface area contributed by atoms with Gasteiger partial charge in [-0.25, -0.2) is 9.59 Å². The lowest BCUT2D eigenvalue weighted by Crippen LogP contribution is -2.13. The van der Waals surface area contributed by atoms with E-state index in [1.165, 1.54) is 72.8 Å². The number of benzene rings is 8. The SMILES string of the molecule is Cc1cc(C2c3cc(c(O)cc3O)C(c3ccc(OC=O)c(C)c3)c3cc(c(O)cc3O)C(c3ccc(C(=O)O)c(C)c3)c3cc(c(O)cc3O)C(c3ccc(C(=O)O)c(C)c3)c3cc2c(O)cc3O)ccc1OC=O. The van der Waals surface area contributed by atoms with Crippen molar-refractivity contribution in [1.29, 1.82) is 0 Å². The molecule has 384 valence electrons. The van der Waals surface area contributed by atoms with Gasteiger partial charge in [-0.2, -0.15) is 0 Å². The maximum atomic E-state index is 12.4. The molecular weight excluding hydrogens is 977 g/mol. The largest absolute Gasteiger partial charge is 0.507 e. The number of rotatable bonds is 10. The van der Waals surface area contributed by atoms with Crippen LogP contribution in [0.15, 0.2) is 121 Å². The Bertz CT molecular complexity index is 3490. The summed E-state index contributed by atoms with van der Waals surface area (Å²) in [6, 6.07) is 28.1. The number of fused-ring (bicyclic) bond motifs is 8. The number of carbonyl (C=O) groups is 4. The van der Waals surface area contributed by atoms with E-state index in [-0.39, 0.29) is 91.2 Å². The molecule has 0 heterocycles. The van der Waals surface area contributed by atoms with Crippen LogP contribution in [0.25, 0.3) is 0 Å². The maximum Gasteiger partial charge on any atom is 0.335 e. The number of aromatic carboxylic acids is 2. The molecule has 0 fully saturated rings. The van der Waals surface area contributed by atoms with E-state index in [1.54, 1.807) is 52.0 Å². The highest BCUT2D eigenvalue weighted by molar-refractivity contribution is 5.90. The number of aryl methyl sites for hydroxylation is 4. The number of carbonyl (C=O) groups excluding carboxylic acids is 2. The van der Waals surface area contributed by atoms with Crippen LogP contribution in [0, 0.1) is 27.7 Å². The van der Waals surface area contributed by atoms with E-state index in [0.29, 0.717) is 33.4 Å². The van der Waals surface area contributed by atoms with Gasteiger partial charge in [0.1, 0.15) is 57.5 Å². The molecule has 4 unspecified atom stereocenters. The van der Waals surface area contributed by atoms with Crippen molar-refractivity contribution in [3.63, 3.8) is 0 Å². The zero-order valence-electron chi connectivity index (χ0n) is 40.9. The highest BCUT2D eigenvalue weighted by atomic mass is 16.5. The molecule has 0 saturated carbocycles. The van der Waals surface area contributed by atoms with Gasteiger partial charge in [-0.1, -0.05) is 48.5 Å². The second-order valence-electron chi connectivity index (χ2n) is 18.8. The monoisotopic (exact) mass is 1020 g/mol. The van der Waals surface area contributed by atoms with E-state index in [0.717, 1.165) is 24.3 Å². The first-order valence-electron chi connectivity index (χ1n) is 23.5. The number of hydrogen-bond donors (Lipinski definition) is 10. The Morgan fingerprint density at radius 3 is 0.763 bits per heavy atom. The van der Waals surface area contributed by atoms with Gasteiger partial charge in [-0.05, 0) is 121 Å². The number of phenols is 8. The fourth-order valence-corrected chi connectivity index (χ4v) is 10.7. The summed E-state index contributed by atoms with van der Waals surface area (Å²) in [4.78, 5) is 47.8. The number of hydrogen-bond acceptors (Lipinski definition) is 14. The first kappa shape index (κ1) is 51.0. The Kier molecular flexibility index (Phi) is 13.3.